The van der Waals surface area contributed by atoms with Gasteiger partial charge in [0.15, 0.2) is 5.82 Å². The van der Waals surface area contributed by atoms with Gasteiger partial charge in [-0.2, -0.15) is 10.4 Å². The number of aromatic nitrogens is 3. The molecular formula is C17H16N6. The molecule has 0 spiro atoms. The molecule has 0 aliphatic carbocycles. The van der Waals surface area contributed by atoms with Crippen molar-refractivity contribution in [3.8, 4) is 6.07 Å². The van der Waals surface area contributed by atoms with E-state index in [0.717, 1.165) is 17.8 Å². The lowest BCUT2D eigenvalue weighted by molar-refractivity contribution is 1.08. The lowest BCUT2D eigenvalue weighted by Crippen LogP contribution is -1.93. The summed E-state index contributed by atoms with van der Waals surface area (Å²) < 4.78 is 0. The molecule has 2 heterocycles. The number of benzene rings is 1. The zero-order chi connectivity index (χ0) is 16.1. The molecule has 6 nitrogen and oxygen atoms in total. The Balaban J connectivity index is 1.81. The van der Waals surface area contributed by atoms with Gasteiger partial charge in [0.25, 0.3) is 0 Å². The maximum Gasteiger partial charge on any atom is 0.193 e. The van der Waals surface area contributed by atoms with Gasteiger partial charge in [-0.15, -0.1) is 0 Å². The highest BCUT2D eigenvalue weighted by atomic mass is 15.2. The highest BCUT2D eigenvalue weighted by molar-refractivity contribution is 5.81. The summed E-state index contributed by atoms with van der Waals surface area (Å²) in [5.41, 5.74) is 3.38. The van der Waals surface area contributed by atoms with E-state index in [1.807, 2.05) is 30.5 Å². The highest BCUT2D eigenvalue weighted by Crippen LogP contribution is 2.25. The van der Waals surface area contributed by atoms with E-state index >= 15 is 0 Å². The summed E-state index contributed by atoms with van der Waals surface area (Å²) in [6.07, 6.45) is 4.44. The van der Waals surface area contributed by atoms with Gasteiger partial charge in [-0.05, 0) is 36.2 Å². The molecule has 3 rings (SSSR count). The minimum atomic E-state index is 0.356. The van der Waals surface area contributed by atoms with Gasteiger partial charge >= 0.3 is 0 Å². The van der Waals surface area contributed by atoms with Crippen molar-refractivity contribution in [2.75, 3.05) is 5.32 Å². The standard InChI is InChI=1S/C17H16N6/c1-2-12-5-7-13(8-6-12)21-17-15(10-18)16(22-23-17)20-11-14-4-3-9-19-14/h3-9,11,19H,2H2,1H3,(H2,21,22,23). The van der Waals surface area contributed by atoms with E-state index in [4.69, 9.17) is 0 Å². The third-order valence-corrected chi connectivity index (χ3v) is 3.44. The Morgan fingerprint density at radius 3 is 2.78 bits per heavy atom. The predicted molar refractivity (Wildman–Crippen MR) is 90.5 cm³/mol. The molecule has 2 aromatic heterocycles. The summed E-state index contributed by atoms with van der Waals surface area (Å²) in [6, 6.07) is 14.0. The van der Waals surface area contributed by atoms with Crippen LogP contribution in [0.15, 0.2) is 47.6 Å². The number of aromatic amines is 2. The summed E-state index contributed by atoms with van der Waals surface area (Å²) in [5, 5.41) is 19.5. The van der Waals surface area contributed by atoms with Crippen LogP contribution in [0.2, 0.25) is 0 Å². The van der Waals surface area contributed by atoms with Crippen LogP contribution < -0.4 is 5.32 Å². The maximum absolute atomic E-state index is 9.37. The first-order chi connectivity index (χ1) is 11.3. The number of nitrogens with zero attached hydrogens (tertiary/aromatic N) is 3. The van der Waals surface area contributed by atoms with E-state index in [0.29, 0.717) is 17.2 Å². The fourth-order valence-electron chi connectivity index (χ4n) is 2.15. The van der Waals surface area contributed by atoms with Crippen molar-refractivity contribution < 1.29 is 0 Å². The number of rotatable bonds is 5. The van der Waals surface area contributed by atoms with E-state index in [2.05, 4.69) is 50.6 Å². The Bertz CT molecular complexity index is 834. The summed E-state index contributed by atoms with van der Waals surface area (Å²) in [7, 11) is 0. The lowest BCUT2D eigenvalue weighted by Gasteiger charge is -2.04. The first-order valence-electron chi connectivity index (χ1n) is 7.32. The Hall–Kier alpha value is -3.33. The minimum Gasteiger partial charge on any atom is -0.360 e. The molecule has 3 N–H and O–H groups in total. The smallest absolute Gasteiger partial charge is 0.193 e. The second kappa shape index (κ2) is 6.62. The van der Waals surface area contributed by atoms with Crippen molar-refractivity contribution in [2.24, 2.45) is 4.99 Å². The van der Waals surface area contributed by atoms with Crippen LogP contribution in [0.4, 0.5) is 17.3 Å². The van der Waals surface area contributed by atoms with Crippen LogP contribution in [-0.4, -0.2) is 21.4 Å². The third kappa shape index (κ3) is 3.30. The molecule has 1 aromatic carbocycles. The van der Waals surface area contributed by atoms with E-state index in [-0.39, 0.29) is 0 Å². The molecule has 6 heteroatoms. The average molecular weight is 304 g/mol. The molecule has 114 valence electrons. The van der Waals surface area contributed by atoms with Crippen molar-refractivity contribution in [1.82, 2.24) is 15.2 Å². The Labute approximate surface area is 133 Å². The number of H-pyrrole nitrogens is 2. The first kappa shape index (κ1) is 14.6. The van der Waals surface area contributed by atoms with Crippen molar-refractivity contribution in [1.29, 1.82) is 5.26 Å². The van der Waals surface area contributed by atoms with Crippen LogP contribution in [0.3, 0.4) is 0 Å². The Morgan fingerprint density at radius 2 is 2.13 bits per heavy atom. The maximum atomic E-state index is 9.37. The number of anilines is 2. The molecule has 3 aromatic rings. The second-order valence-electron chi connectivity index (χ2n) is 4.97. The molecule has 0 saturated carbocycles. The van der Waals surface area contributed by atoms with Crippen molar-refractivity contribution >= 4 is 23.5 Å². The molecule has 23 heavy (non-hydrogen) atoms. The number of aryl methyl sites for hydroxylation is 1. The summed E-state index contributed by atoms with van der Waals surface area (Å²) in [6.45, 7) is 2.11. The van der Waals surface area contributed by atoms with Gasteiger partial charge in [0.2, 0.25) is 0 Å². The first-order valence-corrected chi connectivity index (χ1v) is 7.32. The minimum absolute atomic E-state index is 0.356. The van der Waals surface area contributed by atoms with Gasteiger partial charge in [0.05, 0.1) is 11.9 Å². The van der Waals surface area contributed by atoms with Gasteiger partial charge < -0.3 is 10.3 Å². The van der Waals surface area contributed by atoms with Crippen LogP contribution in [0, 0.1) is 11.3 Å². The van der Waals surface area contributed by atoms with Crippen molar-refractivity contribution in [2.45, 2.75) is 13.3 Å². The third-order valence-electron chi connectivity index (χ3n) is 3.44. The topological polar surface area (TPSA) is 92.7 Å². The van der Waals surface area contributed by atoms with E-state index in [1.54, 1.807) is 6.21 Å². The zero-order valence-electron chi connectivity index (χ0n) is 12.7. The van der Waals surface area contributed by atoms with Gasteiger partial charge in [0, 0.05) is 11.9 Å². The quantitative estimate of drug-likeness (QED) is 0.628. The SMILES string of the molecule is CCc1ccc(Nc2[nH]nc(N=Cc3ccc[nH]3)c2C#N)cc1. The van der Waals surface area contributed by atoms with Crippen LogP contribution in [0.1, 0.15) is 23.7 Å². The second-order valence-corrected chi connectivity index (χ2v) is 4.97. The van der Waals surface area contributed by atoms with E-state index in [9.17, 15) is 5.26 Å². The normalized spacial score (nSPS) is 10.8. The average Bonchev–Trinajstić information content (AvgIpc) is 3.23. The fraction of sp³-hybridized carbons (Fsp3) is 0.118. The summed E-state index contributed by atoms with van der Waals surface area (Å²) in [4.78, 5) is 7.26. The largest absolute Gasteiger partial charge is 0.360 e. The lowest BCUT2D eigenvalue weighted by atomic mass is 10.1. The molecule has 0 atom stereocenters. The number of nitriles is 1. The Kier molecular flexibility index (Phi) is 4.20. The molecule has 0 aliphatic rings. The van der Waals surface area contributed by atoms with Gasteiger partial charge in [0.1, 0.15) is 17.5 Å². The molecule has 0 amide bonds. The van der Waals surface area contributed by atoms with Gasteiger partial charge in [-0.25, -0.2) is 4.99 Å². The highest BCUT2D eigenvalue weighted by Gasteiger charge is 2.12. The molecule has 0 fully saturated rings. The van der Waals surface area contributed by atoms with Gasteiger partial charge in [-0.3, -0.25) is 5.10 Å². The number of hydrogen-bond acceptors (Lipinski definition) is 4. The molecule has 0 saturated heterocycles. The number of hydrogen-bond donors (Lipinski definition) is 3. The number of nitrogens with one attached hydrogen (secondary N) is 3. The fourth-order valence-corrected chi connectivity index (χ4v) is 2.15. The monoisotopic (exact) mass is 304 g/mol. The van der Waals surface area contributed by atoms with E-state index in [1.165, 1.54) is 5.56 Å². The number of aliphatic imine (C=N–C) groups is 1. The van der Waals surface area contributed by atoms with Crippen LogP contribution >= 0.6 is 0 Å². The predicted octanol–water partition coefficient (Wildman–Crippen LogP) is 3.67. The molecule has 0 bridgehead atoms. The van der Waals surface area contributed by atoms with Crippen molar-refractivity contribution in [3.05, 3.63) is 59.4 Å². The zero-order valence-corrected chi connectivity index (χ0v) is 12.7. The molecule has 0 radical (unpaired) electrons. The molecular weight excluding hydrogens is 288 g/mol. The summed E-state index contributed by atoms with van der Waals surface area (Å²) in [5.74, 6) is 0.894. The van der Waals surface area contributed by atoms with Gasteiger partial charge in [-0.1, -0.05) is 19.1 Å². The molecule has 0 unspecified atom stereocenters. The van der Waals surface area contributed by atoms with Crippen LogP contribution in [0.5, 0.6) is 0 Å². The summed E-state index contributed by atoms with van der Waals surface area (Å²) >= 11 is 0. The Morgan fingerprint density at radius 1 is 1.30 bits per heavy atom. The van der Waals surface area contributed by atoms with Crippen LogP contribution in [0.25, 0.3) is 0 Å². The van der Waals surface area contributed by atoms with Crippen molar-refractivity contribution in [3.63, 3.8) is 0 Å². The molecule has 0 aliphatic heterocycles. The van der Waals surface area contributed by atoms with E-state index < -0.39 is 0 Å². The van der Waals surface area contributed by atoms with Crippen LogP contribution in [-0.2, 0) is 6.42 Å².